The van der Waals surface area contributed by atoms with Crippen LogP contribution in [0.25, 0.3) is 0 Å². The average molecular weight is 288 g/mol. The van der Waals surface area contributed by atoms with Crippen molar-refractivity contribution in [3.05, 3.63) is 70.2 Å². The zero-order chi connectivity index (χ0) is 14.4. The largest absolute Gasteiger partial charge is 0.309 e. The third-order valence-electron chi connectivity index (χ3n) is 3.27. The Hall–Kier alpha value is -1.31. The van der Waals surface area contributed by atoms with Gasteiger partial charge in [0.2, 0.25) is 0 Å². The number of rotatable bonds is 6. The van der Waals surface area contributed by atoms with Crippen molar-refractivity contribution in [2.75, 3.05) is 0 Å². The predicted octanol–water partition coefficient (Wildman–Crippen LogP) is 4.83. The van der Waals surface area contributed by atoms with Gasteiger partial charge in [-0.15, -0.1) is 0 Å². The summed E-state index contributed by atoms with van der Waals surface area (Å²) < 4.78 is 0. The van der Waals surface area contributed by atoms with Crippen molar-refractivity contribution in [1.82, 2.24) is 5.32 Å². The Labute approximate surface area is 127 Å². The Kier molecular flexibility index (Phi) is 5.63. The SMILES string of the molecule is CC(C)Cc1ccc(CNCc2ccccc2Cl)cc1. The first kappa shape index (κ1) is 15.1. The summed E-state index contributed by atoms with van der Waals surface area (Å²) in [6.07, 6.45) is 1.15. The van der Waals surface area contributed by atoms with Crippen LogP contribution in [-0.2, 0) is 19.5 Å². The van der Waals surface area contributed by atoms with Gasteiger partial charge in [0.15, 0.2) is 0 Å². The maximum atomic E-state index is 6.14. The van der Waals surface area contributed by atoms with Crippen molar-refractivity contribution in [1.29, 1.82) is 0 Å². The van der Waals surface area contributed by atoms with Crippen molar-refractivity contribution < 1.29 is 0 Å². The fraction of sp³-hybridized carbons (Fsp3) is 0.333. The van der Waals surface area contributed by atoms with Gasteiger partial charge >= 0.3 is 0 Å². The number of halogens is 1. The molecule has 0 saturated carbocycles. The monoisotopic (exact) mass is 287 g/mol. The van der Waals surface area contributed by atoms with Crippen LogP contribution in [0.1, 0.15) is 30.5 Å². The Morgan fingerprint density at radius 1 is 0.900 bits per heavy atom. The van der Waals surface area contributed by atoms with Gasteiger partial charge in [0.25, 0.3) is 0 Å². The minimum absolute atomic E-state index is 0.708. The molecule has 0 fully saturated rings. The molecule has 20 heavy (non-hydrogen) atoms. The lowest BCUT2D eigenvalue weighted by Gasteiger charge is -2.08. The third-order valence-corrected chi connectivity index (χ3v) is 3.64. The van der Waals surface area contributed by atoms with E-state index in [1.165, 1.54) is 11.1 Å². The smallest absolute Gasteiger partial charge is 0.0450 e. The van der Waals surface area contributed by atoms with Crippen LogP contribution in [0.3, 0.4) is 0 Å². The standard InChI is InChI=1S/C18H22ClN/c1-14(2)11-15-7-9-16(10-8-15)12-20-13-17-5-3-4-6-18(17)19/h3-10,14,20H,11-13H2,1-2H3. The molecule has 0 saturated heterocycles. The van der Waals surface area contributed by atoms with Gasteiger partial charge in [-0.25, -0.2) is 0 Å². The zero-order valence-corrected chi connectivity index (χ0v) is 13.0. The van der Waals surface area contributed by atoms with Crippen molar-refractivity contribution >= 4 is 11.6 Å². The predicted molar refractivity (Wildman–Crippen MR) is 87.0 cm³/mol. The first-order chi connectivity index (χ1) is 9.65. The Morgan fingerprint density at radius 3 is 2.20 bits per heavy atom. The van der Waals surface area contributed by atoms with Gasteiger partial charge < -0.3 is 5.32 Å². The highest BCUT2D eigenvalue weighted by Crippen LogP contribution is 2.15. The molecular formula is C18H22ClN. The van der Waals surface area contributed by atoms with Crippen molar-refractivity contribution in [3.63, 3.8) is 0 Å². The van der Waals surface area contributed by atoms with E-state index >= 15 is 0 Å². The average Bonchev–Trinajstić information content (AvgIpc) is 2.42. The Morgan fingerprint density at radius 2 is 1.55 bits per heavy atom. The maximum absolute atomic E-state index is 6.14. The summed E-state index contributed by atoms with van der Waals surface area (Å²) in [4.78, 5) is 0. The molecule has 0 atom stereocenters. The fourth-order valence-corrected chi connectivity index (χ4v) is 2.45. The van der Waals surface area contributed by atoms with Crippen LogP contribution in [0.15, 0.2) is 48.5 Å². The normalized spacial score (nSPS) is 11.0. The molecule has 1 nitrogen and oxygen atoms in total. The van der Waals surface area contributed by atoms with Gasteiger partial charge in [-0.1, -0.05) is 67.9 Å². The lowest BCUT2D eigenvalue weighted by Crippen LogP contribution is -2.12. The second kappa shape index (κ2) is 7.47. The first-order valence-electron chi connectivity index (χ1n) is 7.17. The molecule has 0 bridgehead atoms. The van der Waals surface area contributed by atoms with Crippen LogP contribution >= 0.6 is 11.6 Å². The van der Waals surface area contributed by atoms with E-state index in [0.29, 0.717) is 5.92 Å². The minimum atomic E-state index is 0.708. The maximum Gasteiger partial charge on any atom is 0.0450 e. The second-order valence-corrected chi connectivity index (χ2v) is 6.02. The molecule has 2 aromatic rings. The number of hydrogen-bond acceptors (Lipinski definition) is 1. The van der Waals surface area contributed by atoms with Crippen LogP contribution in [0.2, 0.25) is 5.02 Å². The molecule has 0 radical (unpaired) electrons. The van der Waals surface area contributed by atoms with Crippen molar-refractivity contribution in [2.24, 2.45) is 5.92 Å². The van der Waals surface area contributed by atoms with E-state index < -0.39 is 0 Å². The van der Waals surface area contributed by atoms with Crippen molar-refractivity contribution in [3.8, 4) is 0 Å². The molecule has 0 amide bonds. The van der Waals surface area contributed by atoms with E-state index in [4.69, 9.17) is 11.6 Å². The third kappa shape index (κ3) is 4.66. The summed E-state index contributed by atoms with van der Waals surface area (Å²) in [7, 11) is 0. The summed E-state index contributed by atoms with van der Waals surface area (Å²) in [5, 5.41) is 4.26. The molecule has 1 N–H and O–H groups in total. The van der Waals surface area contributed by atoms with Crippen LogP contribution in [0.5, 0.6) is 0 Å². The molecule has 0 aliphatic carbocycles. The first-order valence-corrected chi connectivity index (χ1v) is 7.55. The molecule has 2 aromatic carbocycles. The van der Waals surface area contributed by atoms with E-state index in [9.17, 15) is 0 Å². The van der Waals surface area contributed by atoms with Crippen LogP contribution in [-0.4, -0.2) is 0 Å². The summed E-state index contributed by atoms with van der Waals surface area (Å²) in [5.41, 5.74) is 3.87. The molecule has 0 spiro atoms. The topological polar surface area (TPSA) is 12.0 Å². The zero-order valence-electron chi connectivity index (χ0n) is 12.2. The molecule has 106 valence electrons. The summed E-state index contributed by atoms with van der Waals surface area (Å²) in [6.45, 7) is 6.17. The quantitative estimate of drug-likeness (QED) is 0.802. The van der Waals surface area contributed by atoms with Crippen LogP contribution in [0, 0.1) is 5.92 Å². The number of nitrogens with one attached hydrogen (secondary N) is 1. The lowest BCUT2D eigenvalue weighted by atomic mass is 10.0. The fourth-order valence-electron chi connectivity index (χ4n) is 2.25. The second-order valence-electron chi connectivity index (χ2n) is 5.61. The van der Waals surface area contributed by atoms with Gasteiger partial charge in [-0.3, -0.25) is 0 Å². The molecule has 2 rings (SSSR count). The number of benzene rings is 2. The van der Waals surface area contributed by atoms with Gasteiger partial charge in [0, 0.05) is 18.1 Å². The summed E-state index contributed by atoms with van der Waals surface area (Å²) in [6, 6.07) is 16.8. The van der Waals surface area contributed by atoms with E-state index in [2.05, 4.69) is 49.5 Å². The minimum Gasteiger partial charge on any atom is -0.309 e. The van der Waals surface area contributed by atoms with Gasteiger partial charge in [0.05, 0.1) is 0 Å². The highest BCUT2D eigenvalue weighted by molar-refractivity contribution is 6.31. The Bertz CT molecular complexity index is 531. The van der Waals surface area contributed by atoms with Gasteiger partial charge in [-0.2, -0.15) is 0 Å². The van der Waals surface area contributed by atoms with Crippen molar-refractivity contribution in [2.45, 2.75) is 33.4 Å². The van der Waals surface area contributed by atoms with Crippen LogP contribution < -0.4 is 5.32 Å². The molecule has 2 heteroatoms. The van der Waals surface area contributed by atoms with Gasteiger partial charge in [0.1, 0.15) is 0 Å². The molecule has 0 heterocycles. The molecule has 0 aromatic heterocycles. The highest BCUT2D eigenvalue weighted by Gasteiger charge is 2.00. The van der Waals surface area contributed by atoms with E-state index in [0.717, 1.165) is 30.1 Å². The molecule has 0 aliphatic rings. The number of hydrogen-bond donors (Lipinski definition) is 1. The van der Waals surface area contributed by atoms with E-state index in [1.807, 2.05) is 18.2 Å². The highest BCUT2D eigenvalue weighted by atomic mass is 35.5. The van der Waals surface area contributed by atoms with Gasteiger partial charge in [-0.05, 0) is 35.1 Å². The van der Waals surface area contributed by atoms with E-state index in [-0.39, 0.29) is 0 Å². The van der Waals surface area contributed by atoms with Crippen LogP contribution in [0.4, 0.5) is 0 Å². The molecule has 0 aliphatic heterocycles. The van der Waals surface area contributed by atoms with E-state index in [1.54, 1.807) is 0 Å². The Balaban J connectivity index is 1.84. The summed E-state index contributed by atoms with van der Waals surface area (Å²) in [5.74, 6) is 0.708. The lowest BCUT2D eigenvalue weighted by molar-refractivity contribution is 0.646. The summed E-state index contributed by atoms with van der Waals surface area (Å²) >= 11 is 6.14. The molecule has 0 unspecified atom stereocenters. The molecular weight excluding hydrogens is 266 g/mol.